The summed E-state index contributed by atoms with van der Waals surface area (Å²) in [6, 6.07) is 21.0. The number of carbonyl (C=O) groups is 1. The number of azide groups is 1. The normalized spacial score (nSPS) is 17.2. The molecule has 0 radical (unpaired) electrons. The third-order valence-corrected chi connectivity index (χ3v) is 9.62. The molecular weight excluding hydrogens is 607 g/mol. The lowest BCUT2D eigenvalue weighted by Gasteiger charge is -2.24. The first-order chi connectivity index (χ1) is 21.2. The predicted molar refractivity (Wildman–Crippen MR) is 164 cm³/mol. The van der Waals surface area contributed by atoms with Crippen LogP contribution < -0.4 is 10.1 Å². The number of carbonyl (C=O) groups excluding carboxylic acids is 1. The number of hydrogen-bond donors (Lipinski definition) is 1. The topological polar surface area (TPSA) is 137 Å². The van der Waals surface area contributed by atoms with Gasteiger partial charge in [0.2, 0.25) is 21.8 Å². The number of pyridine rings is 1. The Morgan fingerprint density at radius 1 is 1.11 bits per heavy atom. The van der Waals surface area contributed by atoms with Crippen molar-refractivity contribution in [1.29, 1.82) is 0 Å². The quantitative estimate of drug-likeness (QED) is 0.0839. The Hall–Kier alpha value is -4.48. The first-order valence-corrected chi connectivity index (χ1v) is 15.5. The van der Waals surface area contributed by atoms with Gasteiger partial charge in [-0.25, -0.2) is 17.8 Å². The third kappa shape index (κ3) is 6.84. The number of aromatic nitrogens is 1. The van der Waals surface area contributed by atoms with Gasteiger partial charge in [-0.2, -0.15) is 4.31 Å². The van der Waals surface area contributed by atoms with E-state index in [9.17, 15) is 18.7 Å². The number of ether oxygens (including phenoxy) is 1. The molecule has 1 aliphatic heterocycles. The molecule has 1 N–H and O–H groups in total. The van der Waals surface area contributed by atoms with Crippen LogP contribution in [-0.2, 0) is 21.2 Å². The summed E-state index contributed by atoms with van der Waals surface area (Å²) in [5.41, 5.74) is 11.1. The predicted octanol–water partition coefficient (Wildman–Crippen LogP) is 6.34. The molecule has 4 atom stereocenters. The van der Waals surface area contributed by atoms with E-state index in [2.05, 4.69) is 20.3 Å². The molecule has 44 heavy (non-hydrogen) atoms. The van der Waals surface area contributed by atoms with Crippen LogP contribution in [0.2, 0.25) is 5.02 Å². The standard InChI is InChI=1S/C31H28ClFN6O4S/c1-43-28-17-12-21(18-35-28)29(20-10-13-22(32)14-11-20)30(37-38-34)31(40)36-27-9-5-8-26(33)25(27)16-15-23-19-39(23)44(41,42)24-6-3-2-4-7-24/h2-14,17-18,23,29-30H,15-16,19H2,1H3,(H,36,40)/t23-,29-,30?,39?/m0/s1. The molecule has 0 spiro atoms. The fraction of sp³-hybridized carbons (Fsp3) is 0.226. The molecule has 1 saturated heterocycles. The second-order valence-electron chi connectivity index (χ2n) is 10.1. The zero-order chi connectivity index (χ0) is 31.3. The maximum Gasteiger partial charge on any atom is 0.243 e. The van der Waals surface area contributed by atoms with Crippen LogP contribution in [0.4, 0.5) is 10.1 Å². The molecule has 5 rings (SSSR count). The second kappa shape index (κ2) is 13.4. The fourth-order valence-corrected chi connectivity index (χ4v) is 6.88. The molecule has 3 aromatic carbocycles. The zero-order valence-electron chi connectivity index (χ0n) is 23.5. The van der Waals surface area contributed by atoms with E-state index in [1.807, 2.05) is 0 Å². The Morgan fingerprint density at radius 2 is 1.84 bits per heavy atom. The highest BCUT2D eigenvalue weighted by atomic mass is 35.5. The average Bonchev–Trinajstić information content (AvgIpc) is 3.83. The minimum absolute atomic E-state index is 0.170. The minimum atomic E-state index is -3.64. The van der Waals surface area contributed by atoms with Crippen LogP contribution in [0.1, 0.15) is 29.0 Å². The Kier molecular flexibility index (Phi) is 9.46. The number of rotatable bonds is 12. The van der Waals surface area contributed by atoms with E-state index in [0.717, 1.165) is 0 Å². The molecule has 0 bridgehead atoms. The molecule has 4 aromatic rings. The highest BCUT2D eigenvalue weighted by Gasteiger charge is 2.44. The summed E-state index contributed by atoms with van der Waals surface area (Å²) >= 11 is 6.10. The number of methoxy groups -OCH3 is 1. The van der Waals surface area contributed by atoms with Crippen LogP contribution in [0.15, 0.2) is 101 Å². The first kappa shape index (κ1) is 31.0. The molecule has 2 heterocycles. The number of nitrogens with one attached hydrogen (secondary N) is 1. The van der Waals surface area contributed by atoms with Crippen molar-refractivity contribution >= 4 is 33.2 Å². The van der Waals surface area contributed by atoms with Crippen LogP contribution in [0, 0.1) is 5.82 Å². The summed E-state index contributed by atoms with van der Waals surface area (Å²) in [6.07, 6.45) is 2.05. The largest absolute Gasteiger partial charge is 0.481 e. The molecule has 1 aliphatic rings. The van der Waals surface area contributed by atoms with E-state index in [0.29, 0.717) is 35.0 Å². The van der Waals surface area contributed by atoms with Crippen LogP contribution >= 0.6 is 11.6 Å². The number of sulfonamides is 1. The number of anilines is 1. The zero-order valence-corrected chi connectivity index (χ0v) is 25.1. The monoisotopic (exact) mass is 634 g/mol. The average molecular weight is 635 g/mol. The molecule has 0 saturated carbocycles. The highest BCUT2D eigenvalue weighted by Crippen LogP contribution is 2.35. The minimum Gasteiger partial charge on any atom is -0.481 e. The van der Waals surface area contributed by atoms with Crippen LogP contribution in [-0.4, -0.2) is 49.4 Å². The maximum atomic E-state index is 15.1. The molecule has 1 amide bonds. The first-order valence-electron chi connectivity index (χ1n) is 13.7. The van der Waals surface area contributed by atoms with Crippen molar-refractivity contribution in [2.45, 2.75) is 35.7 Å². The van der Waals surface area contributed by atoms with Gasteiger partial charge in [-0.05, 0) is 65.9 Å². The Bertz CT molecular complexity index is 1790. The molecule has 1 fully saturated rings. The lowest BCUT2D eigenvalue weighted by molar-refractivity contribution is -0.117. The number of halogens is 2. The van der Waals surface area contributed by atoms with E-state index in [4.69, 9.17) is 16.3 Å². The summed E-state index contributed by atoms with van der Waals surface area (Å²) in [5.74, 6) is -1.61. The number of amides is 1. The summed E-state index contributed by atoms with van der Waals surface area (Å²) in [4.78, 5) is 21.2. The van der Waals surface area contributed by atoms with E-state index in [1.165, 1.54) is 41.9 Å². The lowest BCUT2D eigenvalue weighted by Crippen LogP contribution is -2.33. The number of nitrogens with zero attached hydrogens (tertiary/aromatic N) is 5. The number of hydrogen-bond acceptors (Lipinski definition) is 6. The van der Waals surface area contributed by atoms with Crippen molar-refractivity contribution in [3.63, 3.8) is 0 Å². The van der Waals surface area contributed by atoms with Crippen molar-refractivity contribution in [2.24, 2.45) is 5.11 Å². The van der Waals surface area contributed by atoms with Crippen LogP contribution in [0.25, 0.3) is 10.4 Å². The van der Waals surface area contributed by atoms with Crippen molar-refractivity contribution in [3.8, 4) is 5.88 Å². The van der Waals surface area contributed by atoms with Gasteiger partial charge >= 0.3 is 0 Å². The molecule has 10 nitrogen and oxygen atoms in total. The smallest absolute Gasteiger partial charge is 0.243 e. The molecule has 13 heteroatoms. The second-order valence-corrected chi connectivity index (χ2v) is 12.5. The van der Waals surface area contributed by atoms with Gasteiger partial charge in [0.05, 0.1) is 12.0 Å². The van der Waals surface area contributed by atoms with E-state index in [1.54, 1.807) is 60.7 Å². The third-order valence-electron chi connectivity index (χ3n) is 7.44. The molecule has 1 aromatic heterocycles. The van der Waals surface area contributed by atoms with Gasteiger partial charge in [-0.15, -0.1) is 0 Å². The summed E-state index contributed by atoms with van der Waals surface area (Å²) in [6.45, 7) is 0.324. The maximum absolute atomic E-state index is 15.1. The van der Waals surface area contributed by atoms with Crippen LogP contribution in [0.3, 0.4) is 0 Å². The van der Waals surface area contributed by atoms with Gasteiger partial charge in [0.25, 0.3) is 0 Å². The number of benzene rings is 3. The van der Waals surface area contributed by atoms with Crippen LogP contribution in [0.5, 0.6) is 5.88 Å². The van der Waals surface area contributed by atoms with Gasteiger partial charge in [0.1, 0.15) is 11.9 Å². The SMILES string of the molecule is COc1ccc([C@H](c2ccc(Cl)cc2)C(N=[N+]=[N-])C(=O)Nc2cccc(F)c2CC[C@H]2CN2S(=O)(=O)c2ccccc2)cn1. The Morgan fingerprint density at radius 3 is 2.50 bits per heavy atom. The Labute approximate surface area is 259 Å². The van der Waals surface area contributed by atoms with E-state index >= 15 is 4.39 Å². The highest BCUT2D eigenvalue weighted by molar-refractivity contribution is 7.89. The fourth-order valence-electron chi connectivity index (χ4n) is 5.12. The van der Waals surface area contributed by atoms with Gasteiger partial charge in [-0.1, -0.05) is 59.2 Å². The van der Waals surface area contributed by atoms with Gasteiger partial charge < -0.3 is 10.1 Å². The van der Waals surface area contributed by atoms with Gasteiger partial charge in [0, 0.05) is 52.0 Å². The molecular formula is C31H28ClFN6O4S. The van der Waals surface area contributed by atoms with Crippen molar-refractivity contribution < 1.29 is 22.3 Å². The molecule has 226 valence electrons. The van der Waals surface area contributed by atoms with Crippen molar-refractivity contribution in [2.75, 3.05) is 19.0 Å². The van der Waals surface area contributed by atoms with Gasteiger partial charge in [-0.3, -0.25) is 4.79 Å². The van der Waals surface area contributed by atoms with E-state index < -0.39 is 33.7 Å². The van der Waals surface area contributed by atoms with Gasteiger partial charge in [0.15, 0.2) is 0 Å². The summed E-state index contributed by atoms with van der Waals surface area (Å²) < 4.78 is 47.5. The van der Waals surface area contributed by atoms with Crippen molar-refractivity contribution in [3.05, 3.63) is 129 Å². The Balaban J connectivity index is 1.38. The summed E-state index contributed by atoms with van der Waals surface area (Å²) in [5, 5.41) is 7.09. The van der Waals surface area contributed by atoms with Crippen molar-refractivity contribution in [1.82, 2.24) is 9.29 Å². The molecule has 2 unspecified atom stereocenters. The lowest BCUT2D eigenvalue weighted by atomic mass is 9.85. The summed E-state index contributed by atoms with van der Waals surface area (Å²) in [7, 11) is -2.16. The molecule has 0 aliphatic carbocycles. The van der Waals surface area contributed by atoms with E-state index in [-0.39, 0.29) is 28.6 Å².